The van der Waals surface area contributed by atoms with Crippen molar-refractivity contribution in [3.8, 4) is 33.4 Å². The van der Waals surface area contributed by atoms with Crippen LogP contribution in [0, 0.1) is 0 Å². The second-order valence-electron chi connectivity index (χ2n) is 10.8. The highest BCUT2D eigenvalue weighted by Gasteiger charge is 2.22. The Morgan fingerprint density at radius 2 is 0.952 bits per heavy atom. The molecular weight excluding hydrogens is 512 g/mol. The Bertz CT molecular complexity index is 2380. The van der Waals surface area contributed by atoms with Gasteiger partial charge in [0.25, 0.3) is 0 Å². The summed E-state index contributed by atoms with van der Waals surface area (Å²) in [6.07, 6.45) is 1.77. The van der Waals surface area contributed by atoms with Crippen LogP contribution >= 0.6 is 0 Å². The maximum Gasteiger partial charge on any atom is 0.147 e. The van der Waals surface area contributed by atoms with Gasteiger partial charge < -0.3 is 8.83 Å². The van der Waals surface area contributed by atoms with Gasteiger partial charge in [-0.2, -0.15) is 0 Å². The van der Waals surface area contributed by atoms with Gasteiger partial charge in [-0.15, -0.1) is 0 Å². The number of benzene rings is 7. The first-order valence-corrected chi connectivity index (χ1v) is 14.3. The average Bonchev–Trinajstić information content (AvgIpc) is 3.68. The van der Waals surface area contributed by atoms with Crippen molar-refractivity contribution >= 4 is 54.5 Å². The third-order valence-corrected chi connectivity index (χ3v) is 8.54. The fraction of sp³-hybridized carbons (Fsp3) is 0. The van der Waals surface area contributed by atoms with Crippen molar-refractivity contribution < 1.29 is 8.83 Å². The zero-order chi connectivity index (χ0) is 27.6. The standard InChI is InChI=1S/C40H24O2/c1-2-10-25(11-3-1)26-18-20-27(21-19-26)36-29-12-4-6-14-31(29)37(32-15-7-5-13-30(32)36)34-24-28-22-23-41-39(28)38-33-16-8-9-17-35(33)42-40(34)38/h1-24H. The Labute approximate surface area is 242 Å². The molecular formula is C40H24O2. The van der Waals surface area contributed by atoms with E-state index in [9.17, 15) is 0 Å². The molecule has 2 nitrogen and oxygen atoms in total. The summed E-state index contributed by atoms with van der Waals surface area (Å²) in [5.74, 6) is 0. The van der Waals surface area contributed by atoms with Gasteiger partial charge in [0, 0.05) is 21.9 Å². The van der Waals surface area contributed by atoms with E-state index in [0.717, 1.165) is 38.5 Å². The van der Waals surface area contributed by atoms with E-state index in [2.05, 4.69) is 121 Å². The van der Waals surface area contributed by atoms with E-state index in [-0.39, 0.29) is 0 Å². The Hall–Kier alpha value is -5.60. The summed E-state index contributed by atoms with van der Waals surface area (Å²) in [6, 6.07) is 49.5. The third-order valence-electron chi connectivity index (χ3n) is 8.54. The number of hydrogen-bond acceptors (Lipinski definition) is 2. The van der Waals surface area contributed by atoms with E-state index in [1.807, 2.05) is 18.2 Å². The van der Waals surface area contributed by atoms with E-state index < -0.39 is 0 Å². The fourth-order valence-electron chi connectivity index (χ4n) is 6.69. The Kier molecular flexibility index (Phi) is 4.93. The normalized spacial score (nSPS) is 11.8. The molecule has 2 heterocycles. The Balaban J connectivity index is 1.38. The minimum Gasteiger partial charge on any atom is -0.464 e. The van der Waals surface area contributed by atoms with Gasteiger partial charge >= 0.3 is 0 Å². The molecule has 0 fully saturated rings. The van der Waals surface area contributed by atoms with Crippen LogP contribution in [0.2, 0.25) is 0 Å². The number of para-hydroxylation sites is 1. The quantitative estimate of drug-likeness (QED) is 0.210. The predicted octanol–water partition coefficient (Wildman–Crippen LogP) is 11.6. The van der Waals surface area contributed by atoms with E-state index in [1.165, 1.54) is 49.4 Å². The van der Waals surface area contributed by atoms with Crippen molar-refractivity contribution in [1.29, 1.82) is 0 Å². The molecule has 0 aliphatic heterocycles. The highest BCUT2D eigenvalue weighted by Crippen LogP contribution is 2.48. The van der Waals surface area contributed by atoms with Crippen molar-refractivity contribution in [2.75, 3.05) is 0 Å². The van der Waals surface area contributed by atoms with Gasteiger partial charge in [0.1, 0.15) is 16.7 Å². The lowest BCUT2D eigenvalue weighted by Crippen LogP contribution is -1.91. The molecule has 9 rings (SSSR count). The number of rotatable bonds is 3. The maximum atomic E-state index is 6.62. The lowest BCUT2D eigenvalue weighted by Gasteiger charge is -2.18. The van der Waals surface area contributed by atoms with E-state index in [4.69, 9.17) is 8.83 Å². The number of furan rings is 2. The Morgan fingerprint density at radius 1 is 0.405 bits per heavy atom. The summed E-state index contributed by atoms with van der Waals surface area (Å²) >= 11 is 0. The van der Waals surface area contributed by atoms with Crippen LogP contribution in [0.3, 0.4) is 0 Å². The van der Waals surface area contributed by atoms with Crippen LogP contribution in [-0.4, -0.2) is 0 Å². The minimum absolute atomic E-state index is 0.855. The fourth-order valence-corrected chi connectivity index (χ4v) is 6.69. The molecule has 0 radical (unpaired) electrons. The summed E-state index contributed by atoms with van der Waals surface area (Å²) in [5.41, 5.74) is 9.72. The molecule has 0 unspecified atom stereocenters. The molecule has 42 heavy (non-hydrogen) atoms. The number of fused-ring (bicyclic) bond motifs is 7. The molecule has 0 amide bonds. The lowest BCUT2D eigenvalue weighted by molar-refractivity contribution is 0.618. The lowest BCUT2D eigenvalue weighted by atomic mass is 9.85. The average molecular weight is 537 g/mol. The van der Waals surface area contributed by atoms with Crippen molar-refractivity contribution in [3.05, 3.63) is 146 Å². The number of hydrogen-bond donors (Lipinski definition) is 0. The topological polar surface area (TPSA) is 26.3 Å². The first-order chi connectivity index (χ1) is 20.8. The van der Waals surface area contributed by atoms with Crippen LogP contribution in [0.4, 0.5) is 0 Å². The molecule has 0 bridgehead atoms. The Morgan fingerprint density at radius 3 is 1.64 bits per heavy atom. The van der Waals surface area contributed by atoms with E-state index >= 15 is 0 Å². The van der Waals surface area contributed by atoms with Gasteiger partial charge in [-0.3, -0.25) is 0 Å². The molecule has 7 aromatic carbocycles. The highest BCUT2D eigenvalue weighted by atomic mass is 16.3. The largest absolute Gasteiger partial charge is 0.464 e. The van der Waals surface area contributed by atoms with Gasteiger partial charge in [0.2, 0.25) is 0 Å². The van der Waals surface area contributed by atoms with Crippen LogP contribution in [0.15, 0.2) is 155 Å². The van der Waals surface area contributed by atoms with Crippen LogP contribution in [-0.2, 0) is 0 Å². The highest BCUT2D eigenvalue weighted by molar-refractivity contribution is 6.27. The van der Waals surface area contributed by atoms with Crippen molar-refractivity contribution in [3.63, 3.8) is 0 Å². The molecule has 0 atom stereocenters. The maximum absolute atomic E-state index is 6.62. The SMILES string of the molecule is c1ccc(-c2ccc(-c3c4ccccc4c(-c4cc5ccoc5c5c4oc4ccccc45)c4ccccc34)cc2)cc1. The van der Waals surface area contributed by atoms with Gasteiger partial charge in [-0.1, -0.05) is 121 Å². The smallest absolute Gasteiger partial charge is 0.147 e. The van der Waals surface area contributed by atoms with Crippen LogP contribution in [0.5, 0.6) is 0 Å². The van der Waals surface area contributed by atoms with Crippen LogP contribution < -0.4 is 0 Å². The second kappa shape index (κ2) is 8.95. The molecule has 0 aliphatic carbocycles. The minimum atomic E-state index is 0.855. The molecule has 0 spiro atoms. The molecule has 2 aromatic heterocycles. The first-order valence-electron chi connectivity index (χ1n) is 14.3. The van der Waals surface area contributed by atoms with Gasteiger partial charge in [-0.25, -0.2) is 0 Å². The summed E-state index contributed by atoms with van der Waals surface area (Å²) in [7, 11) is 0. The molecule has 0 saturated carbocycles. The van der Waals surface area contributed by atoms with Crippen LogP contribution in [0.1, 0.15) is 0 Å². The van der Waals surface area contributed by atoms with Gasteiger partial charge in [-0.05, 0) is 62.0 Å². The molecule has 0 saturated heterocycles. The molecule has 9 aromatic rings. The predicted molar refractivity (Wildman–Crippen MR) is 175 cm³/mol. The van der Waals surface area contributed by atoms with Crippen molar-refractivity contribution in [2.24, 2.45) is 0 Å². The van der Waals surface area contributed by atoms with Gasteiger partial charge in [0.15, 0.2) is 0 Å². The zero-order valence-electron chi connectivity index (χ0n) is 22.7. The first kappa shape index (κ1) is 23.1. The summed E-state index contributed by atoms with van der Waals surface area (Å²) < 4.78 is 12.6. The zero-order valence-corrected chi connectivity index (χ0v) is 22.7. The summed E-state index contributed by atoms with van der Waals surface area (Å²) in [6.45, 7) is 0. The van der Waals surface area contributed by atoms with Gasteiger partial charge in [0.05, 0.1) is 11.6 Å². The summed E-state index contributed by atoms with van der Waals surface area (Å²) in [4.78, 5) is 0. The monoisotopic (exact) mass is 536 g/mol. The second-order valence-corrected chi connectivity index (χ2v) is 10.8. The molecule has 0 N–H and O–H groups in total. The molecule has 0 aliphatic rings. The van der Waals surface area contributed by atoms with Crippen LogP contribution in [0.25, 0.3) is 87.8 Å². The molecule has 196 valence electrons. The van der Waals surface area contributed by atoms with E-state index in [1.54, 1.807) is 6.26 Å². The third kappa shape index (κ3) is 3.33. The molecule has 2 heteroatoms. The van der Waals surface area contributed by atoms with Crippen molar-refractivity contribution in [1.82, 2.24) is 0 Å². The summed E-state index contributed by atoms with van der Waals surface area (Å²) in [5, 5.41) is 7.99. The van der Waals surface area contributed by atoms with Crippen molar-refractivity contribution in [2.45, 2.75) is 0 Å². The van der Waals surface area contributed by atoms with E-state index in [0.29, 0.717) is 0 Å².